The van der Waals surface area contributed by atoms with Gasteiger partial charge in [-0.15, -0.1) is 0 Å². The largest absolute Gasteiger partial charge is 0.477 e. The molecule has 2 heterocycles. The monoisotopic (exact) mass is 554 g/mol. The number of benzene rings is 4. The van der Waals surface area contributed by atoms with Gasteiger partial charge in [0.2, 0.25) is 11.4 Å². The van der Waals surface area contributed by atoms with Gasteiger partial charge in [-0.05, 0) is 40.8 Å². The van der Waals surface area contributed by atoms with Crippen LogP contribution < -0.4 is 10.7 Å². The summed E-state index contributed by atoms with van der Waals surface area (Å²) in [7, 11) is 1.75. The highest BCUT2D eigenvalue weighted by molar-refractivity contribution is 5.92. The molecule has 0 amide bonds. The zero-order valence-electron chi connectivity index (χ0n) is 23.1. The van der Waals surface area contributed by atoms with Gasteiger partial charge in [0.15, 0.2) is 0 Å². The number of anilines is 1. The van der Waals surface area contributed by atoms with Gasteiger partial charge in [-0.25, -0.2) is 9.78 Å². The minimum atomic E-state index is -1.22. The van der Waals surface area contributed by atoms with Crippen molar-refractivity contribution in [2.75, 3.05) is 11.9 Å². The third-order valence-electron chi connectivity index (χ3n) is 7.76. The smallest absolute Gasteiger partial charge is 0.341 e. The summed E-state index contributed by atoms with van der Waals surface area (Å²) in [6, 6.07) is 36.9. The standard InChI is InChI=1S/C35H30N4O3/c1-38-24-30(33(41)42)32(40)29-18-17-25(23-31(29)38)19-20-36-34-37-21-22-39(34)35(26-11-5-2-6-12-26,27-13-7-3-8-14-27)28-15-9-4-10-16-28/h2-18,21-24H,19-20H2,1H3,(H,36,37)(H,41,42). The van der Waals surface area contributed by atoms with Crippen molar-refractivity contribution >= 4 is 22.8 Å². The molecule has 0 saturated heterocycles. The molecule has 208 valence electrons. The number of hydrogen-bond donors (Lipinski definition) is 2. The number of hydrogen-bond acceptors (Lipinski definition) is 4. The molecule has 0 radical (unpaired) electrons. The molecule has 0 bridgehead atoms. The van der Waals surface area contributed by atoms with E-state index in [1.54, 1.807) is 17.7 Å². The van der Waals surface area contributed by atoms with Crippen LogP contribution in [0.25, 0.3) is 10.9 Å². The second-order valence-corrected chi connectivity index (χ2v) is 10.2. The number of imidazole rings is 1. The molecule has 42 heavy (non-hydrogen) atoms. The average molecular weight is 555 g/mol. The number of aryl methyl sites for hydroxylation is 1. The van der Waals surface area contributed by atoms with Crippen molar-refractivity contribution in [2.24, 2.45) is 7.05 Å². The predicted octanol–water partition coefficient (Wildman–Crippen LogP) is 5.93. The molecule has 6 aromatic rings. The molecule has 2 N–H and O–H groups in total. The summed E-state index contributed by atoms with van der Waals surface area (Å²) in [6.45, 7) is 0.595. The molecular formula is C35H30N4O3. The number of aromatic nitrogens is 3. The summed E-state index contributed by atoms with van der Waals surface area (Å²) in [6.07, 6.45) is 5.88. The van der Waals surface area contributed by atoms with Gasteiger partial charge in [-0.1, -0.05) is 97.1 Å². The summed E-state index contributed by atoms with van der Waals surface area (Å²) in [5.74, 6) is -0.496. The van der Waals surface area contributed by atoms with Gasteiger partial charge in [-0.3, -0.25) is 9.36 Å². The number of pyridine rings is 1. The highest BCUT2D eigenvalue weighted by Gasteiger charge is 2.39. The molecule has 4 aromatic carbocycles. The van der Waals surface area contributed by atoms with E-state index in [1.165, 1.54) is 6.20 Å². The van der Waals surface area contributed by atoms with Crippen molar-refractivity contribution in [2.45, 2.75) is 12.0 Å². The zero-order chi connectivity index (χ0) is 29.1. The highest BCUT2D eigenvalue weighted by Crippen LogP contribution is 2.42. The Labute approximate surface area is 243 Å². The number of carbonyl (C=O) groups is 1. The SMILES string of the molecule is Cn1cc(C(=O)O)c(=O)c2ccc(CCNc3nccn3C(c3ccccc3)(c3ccccc3)c3ccccc3)cc21. The maximum absolute atomic E-state index is 12.7. The lowest BCUT2D eigenvalue weighted by molar-refractivity contribution is 0.0695. The summed E-state index contributed by atoms with van der Waals surface area (Å²) < 4.78 is 3.89. The molecule has 7 nitrogen and oxygen atoms in total. The van der Waals surface area contributed by atoms with Gasteiger partial charge in [0.05, 0.1) is 5.52 Å². The zero-order valence-corrected chi connectivity index (χ0v) is 23.1. The summed E-state index contributed by atoms with van der Waals surface area (Å²) in [5.41, 5.74) is 3.67. The summed E-state index contributed by atoms with van der Waals surface area (Å²) >= 11 is 0. The average Bonchev–Trinajstić information content (AvgIpc) is 3.49. The molecule has 0 saturated carbocycles. The molecule has 0 aliphatic heterocycles. The lowest BCUT2D eigenvalue weighted by atomic mass is 9.76. The third-order valence-corrected chi connectivity index (χ3v) is 7.76. The number of carboxylic acid groups (broad SMARTS) is 1. The normalized spacial score (nSPS) is 11.5. The van der Waals surface area contributed by atoms with E-state index in [2.05, 4.69) is 82.7 Å². The van der Waals surface area contributed by atoms with Gasteiger partial charge < -0.3 is 15.0 Å². The lowest BCUT2D eigenvalue weighted by Crippen LogP contribution is -2.38. The number of nitrogens with zero attached hydrogens (tertiary/aromatic N) is 3. The maximum Gasteiger partial charge on any atom is 0.341 e. The molecular weight excluding hydrogens is 524 g/mol. The second kappa shape index (κ2) is 11.2. The molecule has 0 atom stereocenters. The quantitative estimate of drug-likeness (QED) is 0.216. The Morgan fingerprint density at radius 1 is 0.857 bits per heavy atom. The number of fused-ring (bicyclic) bond motifs is 1. The molecule has 0 fully saturated rings. The van der Waals surface area contributed by atoms with E-state index < -0.39 is 16.9 Å². The van der Waals surface area contributed by atoms with Crippen molar-refractivity contribution in [3.05, 3.63) is 166 Å². The van der Waals surface area contributed by atoms with Gasteiger partial charge in [0.25, 0.3) is 0 Å². The van der Waals surface area contributed by atoms with E-state index in [4.69, 9.17) is 4.98 Å². The van der Waals surface area contributed by atoms with Crippen LogP contribution in [0.5, 0.6) is 0 Å². The Balaban J connectivity index is 1.37. The lowest BCUT2D eigenvalue weighted by Gasteiger charge is -2.38. The minimum Gasteiger partial charge on any atom is -0.477 e. The van der Waals surface area contributed by atoms with Crippen LogP contribution >= 0.6 is 0 Å². The molecule has 7 heteroatoms. The molecule has 6 rings (SSSR count). The molecule has 0 spiro atoms. The van der Waals surface area contributed by atoms with E-state index in [-0.39, 0.29) is 5.56 Å². The van der Waals surface area contributed by atoms with E-state index in [0.717, 1.165) is 28.2 Å². The first kappa shape index (κ1) is 26.8. The van der Waals surface area contributed by atoms with E-state index in [1.807, 2.05) is 42.7 Å². The topological polar surface area (TPSA) is 89.2 Å². The van der Waals surface area contributed by atoms with Crippen LogP contribution in [-0.4, -0.2) is 31.7 Å². The third kappa shape index (κ3) is 4.65. The van der Waals surface area contributed by atoms with Gasteiger partial charge in [0, 0.05) is 37.6 Å². The van der Waals surface area contributed by atoms with Crippen LogP contribution in [0, 0.1) is 0 Å². The van der Waals surface area contributed by atoms with Crippen LogP contribution in [0.3, 0.4) is 0 Å². The van der Waals surface area contributed by atoms with E-state index in [0.29, 0.717) is 23.9 Å². The molecule has 0 unspecified atom stereocenters. The van der Waals surface area contributed by atoms with Crippen molar-refractivity contribution in [1.82, 2.24) is 14.1 Å². The van der Waals surface area contributed by atoms with Gasteiger partial charge in [0.1, 0.15) is 11.1 Å². The van der Waals surface area contributed by atoms with Crippen LogP contribution in [0.1, 0.15) is 32.6 Å². The van der Waals surface area contributed by atoms with E-state index >= 15 is 0 Å². The van der Waals surface area contributed by atoms with Crippen molar-refractivity contribution in [3.8, 4) is 0 Å². The van der Waals surface area contributed by atoms with Crippen LogP contribution in [0.4, 0.5) is 5.95 Å². The van der Waals surface area contributed by atoms with Gasteiger partial charge in [-0.2, -0.15) is 0 Å². The predicted molar refractivity (Wildman–Crippen MR) is 165 cm³/mol. The fraction of sp³-hybridized carbons (Fsp3) is 0.114. The van der Waals surface area contributed by atoms with Crippen LogP contribution in [0.2, 0.25) is 0 Å². The maximum atomic E-state index is 12.7. The Morgan fingerprint density at radius 2 is 1.43 bits per heavy atom. The molecule has 0 aliphatic carbocycles. The second-order valence-electron chi connectivity index (χ2n) is 10.2. The highest BCUT2D eigenvalue weighted by atomic mass is 16.4. The van der Waals surface area contributed by atoms with E-state index in [9.17, 15) is 14.7 Å². The van der Waals surface area contributed by atoms with Crippen LogP contribution in [0.15, 0.2) is 133 Å². The minimum absolute atomic E-state index is 0.231. The molecule has 2 aromatic heterocycles. The fourth-order valence-corrected chi connectivity index (χ4v) is 5.81. The Hall–Kier alpha value is -5.43. The van der Waals surface area contributed by atoms with Crippen LogP contribution in [-0.2, 0) is 19.0 Å². The Morgan fingerprint density at radius 3 is 1.98 bits per heavy atom. The molecule has 0 aliphatic rings. The first-order valence-electron chi connectivity index (χ1n) is 13.8. The summed E-state index contributed by atoms with van der Waals surface area (Å²) in [4.78, 5) is 28.9. The number of carboxylic acids is 1. The Bertz CT molecular complexity index is 1820. The number of nitrogens with one attached hydrogen (secondary N) is 1. The van der Waals surface area contributed by atoms with Crippen molar-refractivity contribution in [1.29, 1.82) is 0 Å². The summed E-state index contributed by atoms with van der Waals surface area (Å²) in [5, 5.41) is 13.3. The van der Waals surface area contributed by atoms with Crippen molar-refractivity contribution < 1.29 is 9.90 Å². The van der Waals surface area contributed by atoms with Gasteiger partial charge >= 0.3 is 5.97 Å². The van der Waals surface area contributed by atoms with Crippen molar-refractivity contribution in [3.63, 3.8) is 0 Å². The number of aromatic carboxylic acids is 1. The first-order chi connectivity index (χ1) is 20.5. The fourth-order valence-electron chi connectivity index (χ4n) is 5.81. The first-order valence-corrected chi connectivity index (χ1v) is 13.8. The number of rotatable bonds is 9. The Kier molecular flexibility index (Phi) is 7.15.